The van der Waals surface area contributed by atoms with Gasteiger partial charge in [-0.3, -0.25) is 0 Å². The molecule has 0 N–H and O–H groups in total. The Morgan fingerprint density at radius 1 is 0.306 bits per heavy atom. The molecule has 0 spiro atoms. The van der Waals surface area contributed by atoms with Crippen LogP contribution in [-0.4, -0.2) is 15.0 Å². The molecule has 10 aromatic rings. The van der Waals surface area contributed by atoms with E-state index in [4.69, 9.17) is 15.0 Å². The number of aromatic nitrogens is 3. The van der Waals surface area contributed by atoms with E-state index in [0.29, 0.717) is 0 Å². The van der Waals surface area contributed by atoms with Gasteiger partial charge in [-0.15, -0.1) is 102 Å². The zero-order chi connectivity index (χ0) is 41.0. The van der Waals surface area contributed by atoms with Gasteiger partial charge in [0.25, 0.3) is 0 Å². The first kappa shape index (κ1) is 40.5. The van der Waals surface area contributed by atoms with Gasteiger partial charge in [0.15, 0.2) is 0 Å². The molecule has 0 bridgehead atoms. The van der Waals surface area contributed by atoms with Crippen molar-refractivity contribution in [3.05, 3.63) is 235 Å². The van der Waals surface area contributed by atoms with Crippen LogP contribution < -0.4 is 0 Å². The van der Waals surface area contributed by atoms with E-state index in [1.54, 1.807) is 0 Å². The van der Waals surface area contributed by atoms with E-state index in [-0.39, 0.29) is 20.1 Å². The van der Waals surface area contributed by atoms with Crippen LogP contribution in [0.4, 0.5) is 0 Å². The Hall–Kier alpha value is -6.88. The predicted octanol–water partition coefficient (Wildman–Crippen LogP) is 15.0. The summed E-state index contributed by atoms with van der Waals surface area (Å²) in [6.45, 7) is 0. The van der Waals surface area contributed by atoms with E-state index < -0.39 is 0 Å². The van der Waals surface area contributed by atoms with Crippen molar-refractivity contribution in [3.8, 4) is 101 Å². The summed E-state index contributed by atoms with van der Waals surface area (Å²) in [4.78, 5) is 14.7. The van der Waals surface area contributed by atoms with Gasteiger partial charge in [-0.25, -0.2) is 0 Å². The van der Waals surface area contributed by atoms with Gasteiger partial charge in [0.2, 0.25) is 0 Å². The van der Waals surface area contributed by atoms with Gasteiger partial charge in [0.1, 0.15) is 0 Å². The zero-order valence-electron chi connectivity index (χ0n) is 33.3. The molecule has 5 heteroatoms. The van der Waals surface area contributed by atoms with Crippen molar-refractivity contribution >= 4 is 15.9 Å². The molecule has 0 aliphatic carbocycles. The Kier molecular flexibility index (Phi) is 12.0. The number of pyridine rings is 3. The largest absolute Gasteiger partial charge is 3.00 e. The topological polar surface area (TPSA) is 38.7 Å². The average molecular weight is 1030 g/mol. The van der Waals surface area contributed by atoms with Crippen LogP contribution in [0.3, 0.4) is 0 Å². The molecule has 0 amide bonds. The molecular formula is C57H35BrIrN3. The van der Waals surface area contributed by atoms with Gasteiger partial charge in [0.05, 0.1) is 0 Å². The SMILES string of the molecule is Brc1cc[c-]c(-c2ccc(-c3ccccc3-c3cc(-c4ccccc4-c4ccc(-c5[c-]cccc5)nc4)cc(-c4ccccc4-c4ccc(-c5[c-]cccc5)nc4)c3)cn2)c1.[Ir+3]. The summed E-state index contributed by atoms with van der Waals surface area (Å²) >= 11 is 3.59. The molecule has 0 aliphatic rings. The molecule has 0 radical (unpaired) electrons. The first-order chi connectivity index (χ1) is 30.1. The van der Waals surface area contributed by atoms with Crippen molar-refractivity contribution in [3.63, 3.8) is 0 Å². The molecule has 7 aromatic carbocycles. The molecule has 3 nitrogen and oxygen atoms in total. The Bertz CT molecular complexity index is 2970. The average Bonchev–Trinajstić information content (AvgIpc) is 3.34. The summed E-state index contributed by atoms with van der Waals surface area (Å²) in [7, 11) is 0. The molecule has 0 saturated heterocycles. The third kappa shape index (κ3) is 8.52. The summed E-state index contributed by atoms with van der Waals surface area (Å²) in [5, 5.41) is 0. The van der Waals surface area contributed by atoms with Crippen molar-refractivity contribution < 1.29 is 20.1 Å². The minimum Gasteiger partial charge on any atom is -0.304 e. The van der Waals surface area contributed by atoms with Crippen LogP contribution in [0.2, 0.25) is 0 Å². The quantitative estimate of drug-likeness (QED) is 0.135. The first-order valence-electron chi connectivity index (χ1n) is 20.1. The summed E-state index contributed by atoms with van der Waals surface area (Å²) < 4.78 is 0.995. The van der Waals surface area contributed by atoms with Crippen LogP contribution in [0.15, 0.2) is 217 Å². The molecule has 294 valence electrons. The van der Waals surface area contributed by atoms with E-state index in [1.165, 1.54) is 0 Å². The van der Waals surface area contributed by atoms with Gasteiger partial charge in [-0.2, -0.15) is 0 Å². The van der Waals surface area contributed by atoms with Crippen LogP contribution in [0.25, 0.3) is 101 Å². The van der Waals surface area contributed by atoms with Gasteiger partial charge in [-0.1, -0.05) is 130 Å². The summed E-state index contributed by atoms with van der Waals surface area (Å²) in [5.74, 6) is 0. The van der Waals surface area contributed by atoms with Crippen LogP contribution in [0, 0.1) is 18.2 Å². The Morgan fingerprint density at radius 2 is 0.645 bits per heavy atom. The standard InChI is InChI=1S/C57H35BrN3.Ir/c58-48-19-13-18-41(35-48)57-31-28-44(38-61-57)51-22-9-12-25-54(51)47-33-45(52-23-10-7-20-49(52)42-26-29-55(59-36-42)39-14-3-1-4-15-39)32-46(34-47)53-24-11-8-21-50(53)43-27-30-56(60-37-43)40-16-5-2-6-17-40;/h1-14,16,19-38H;/q-3;+3. The molecule has 3 heterocycles. The third-order valence-corrected chi connectivity index (χ3v) is 11.4. The molecule has 0 unspecified atom stereocenters. The number of nitrogens with zero attached hydrogens (tertiary/aromatic N) is 3. The second-order valence-electron chi connectivity index (χ2n) is 14.7. The molecule has 0 atom stereocenters. The first-order valence-corrected chi connectivity index (χ1v) is 20.9. The van der Waals surface area contributed by atoms with Crippen molar-refractivity contribution in [1.82, 2.24) is 15.0 Å². The molecule has 10 rings (SSSR count). The van der Waals surface area contributed by atoms with Crippen molar-refractivity contribution in [2.24, 2.45) is 0 Å². The van der Waals surface area contributed by atoms with Gasteiger partial charge in [-0.05, 0) is 102 Å². The maximum Gasteiger partial charge on any atom is 3.00 e. The fourth-order valence-corrected chi connectivity index (χ4v) is 8.24. The summed E-state index contributed by atoms with van der Waals surface area (Å²) in [6.07, 6.45) is 5.90. The van der Waals surface area contributed by atoms with Gasteiger partial charge in [0, 0.05) is 18.6 Å². The fraction of sp³-hybridized carbons (Fsp3) is 0. The fourth-order valence-electron chi connectivity index (χ4n) is 7.88. The normalized spacial score (nSPS) is 10.9. The van der Waals surface area contributed by atoms with E-state index >= 15 is 0 Å². The number of benzene rings is 7. The van der Waals surface area contributed by atoms with E-state index in [1.807, 2.05) is 85.3 Å². The Labute approximate surface area is 384 Å². The summed E-state index contributed by atoms with van der Waals surface area (Å²) in [5.41, 5.74) is 18.6. The van der Waals surface area contributed by atoms with Gasteiger partial charge >= 0.3 is 20.1 Å². The van der Waals surface area contributed by atoms with E-state index in [0.717, 1.165) is 105 Å². The second-order valence-corrected chi connectivity index (χ2v) is 15.6. The molecule has 3 aromatic heterocycles. The minimum absolute atomic E-state index is 0. The molecular weight excluding hydrogens is 999 g/mol. The van der Waals surface area contributed by atoms with E-state index in [9.17, 15) is 0 Å². The van der Waals surface area contributed by atoms with Crippen LogP contribution >= 0.6 is 15.9 Å². The predicted molar refractivity (Wildman–Crippen MR) is 253 cm³/mol. The molecule has 0 aliphatic heterocycles. The zero-order valence-corrected chi connectivity index (χ0v) is 37.2. The Morgan fingerprint density at radius 3 is 0.968 bits per heavy atom. The maximum absolute atomic E-state index is 4.90. The van der Waals surface area contributed by atoms with Crippen molar-refractivity contribution in [1.29, 1.82) is 0 Å². The monoisotopic (exact) mass is 1030 g/mol. The van der Waals surface area contributed by atoms with E-state index in [2.05, 4.69) is 162 Å². The van der Waals surface area contributed by atoms with Crippen LogP contribution in [-0.2, 0) is 20.1 Å². The number of hydrogen-bond acceptors (Lipinski definition) is 3. The smallest absolute Gasteiger partial charge is 0.304 e. The number of halogens is 1. The van der Waals surface area contributed by atoms with Gasteiger partial charge < -0.3 is 15.0 Å². The summed E-state index contributed by atoms with van der Waals surface area (Å²) in [6, 6.07) is 77.2. The van der Waals surface area contributed by atoms with Crippen LogP contribution in [0.1, 0.15) is 0 Å². The van der Waals surface area contributed by atoms with Crippen molar-refractivity contribution in [2.45, 2.75) is 0 Å². The third-order valence-electron chi connectivity index (χ3n) is 10.9. The maximum atomic E-state index is 4.90. The minimum atomic E-state index is 0. The number of rotatable bonds is 9. The molecule has 0 saturated carbocycles. The molecule has 62 heavy (non-hydrogen) atoms. The Balaban J connectivity index is 0.00000490. The van der Waals surface area contributed by atoms with Crippen LogP contribution in [0.5, 0.6) is 0 Å². The van der Waals surface area contributed by atoms with Crippen molar-refractivity contribution in [2.75, 3.05) is 0 Å². The number of hydrogen-bond donors (Lipinski definition) is 0. The second kappa shape index (κ2) is 18.4. The molecule has 0 fully saturated rings.